The quantitative estimate of drug-likeness (QED) is 0.605. The number of aryl methyl sites for hydroxylation is 1. The Morgan fingerprint density at radius 1 is 0.935 bits per heavy atom. The van der Waals surface area contributed by atoms with Crippen molar-refractivity contribution >= 4 is 5.69 Å². The van der Waals surface area contributed by atoms with Crippen molar-refractivity contribution in [3.8, 4) is 5.75 Å². The van der Waals surface area contributed by atoms with Gasteiger partial charge in [0.1, 0.15) is 11.8 Å². The van der Waals surface area contributed by atoms with Crippen LogP contribution in [-0.2, 0) is 0 Å². The lowest BCUT2D eigenvalue weighted by molar-refractivity contribution is 0.195. The fourth-order valence-electron chi connectivity index (χ4n) is 4.44. The van der Waals surface area contributed by atoms with E-state index in [1.54, 1.807) is 7.11 Å². The third-order valence-electron chi connectivity index (χ3n) is 6.28. The van der Waals surface area contributed by atoms with E-state index < -0.39 is 0 Å². The Kier molecular flexibility index (Phi) is 6.23. The number of aromatic nitrogens is 4. The summed E-state index contributed by atoms with van der Waals surface area (Å²) in [5, 5.41) is 12.7. The van der Waals surface area contributed by atoms with Crippen LogP contribution in [-0.4, -0.2) is 58.4 Å². The van der Waals surface area contributed by atoms with Crippen LogP contribution in [0.15, 0.2) is 42.5 Å². The van der Waals surface area contributed by atoms with Crippen molar-refractivity contribution in [3.63, 3.8) is 0 Å². The number of anilines is 1. The zero-order chi connectivity index (χ0) is 22.0. The van der Waals surface area contributed by atoms with Crippen LogP contribution in [0.4, 0.5) is 5.69 Å². The second-order valence-electron chi connectivity index (χ2n) is 8.46. The molecule has 0 unspecified atom stereocenters. The van der Waals surface area contributed by atoms with Crippen molar-refractivity contribution in [2.45, 2.75) is 39.8 Å². The molecule has 1 aliphatic heterocycles. The van der Waals surface area contributed by atoms with Crippen LogP contribution >= 0.6 is 0 Å². The van der Waals surface area contributed by atoms with Gasteiger partial charge < -0.3 is 9.64 Å². The van der Waals surface area contributed by atoms with E-state index in [0.717, 1.165) is 43.3 Å². The summed E-state index contributed by atoms with van der Waals surface area (Å²) in [6.45, 7) is 12.4. The third kappa shape index (κ3) is 4.14. The molecule has 1 atom stereocenters. The maximum absolute atomic E-state index is 5.72. The van der Waals surface area contributed by atoms with Gasteiger partial charge in [-0.3, -0.25) is 4.90 Å². The molecule has 164 valence electrons. The second-order valence-corrected chi connectivity index (χ2v) is 8.46. The standard InChI is InChI=1S/C24H32N6O/c1-17(2)30-24(25-26-27-30)23(20-10-6-7-12-22(20)31-5)29-15-13-28(14-16-29)21-11-8-9-18(3)19(21)4/h6-12,17,23H,13-16H2,1-5H3/t23-/m1/s1. The summed E-state index contributed by atoms with van der Waals surface area (Å²) in [4.78, 5) is 4.97. The Morgan fingerprint density at radius 3 is 2.39 bits per heavy atom. The number of piperazine rings is 1. The van der Waals surface area contributed by atoms with Crippen molar-refractivity contribution in [1.29, 1.82) is 0 Å². The number of benzene rings is 2. The molecule has 7 heteroatoms. The maximum atomic E-state index is 5.72. The number of tetrazole rings is 1. The monoisotopic (exact) mass is 420 g/mol. The molecule has 2 aromatic carbocycles. The molecule has 4 rings (SSSR count). The summed E-state index contributed by atoms with van der Waals surface area (Å²) >= 11 is 0. The van der Waals surface area contributed by atoms with Gasteiger partial charge in [0, 0.05) is 37.4 Å². The smallest absolute Gasteiger partial charge is 0.173 e. The lowest BCUT2D eigenvalue weighted by Crippen LogP contribution is -2.48. The molecule has 0 bridgehead atoms. The van der Waals surface area contributed by atoms with E-state index in [-0.39, 0.29) is 12.1 Å². The fraction of sp³-hybridized carbons (Fsp3) is 0.458. The molecule has 3 aromatic rings. The van der Waals surface area contributed by atoms with Crippen LogP contribution in [0.2, 0.25) is 0 Å². The van der Waals surface area contributed by atoms with Gasteiger partial charge >= 0.3 is 0 Å². The van der Waals surface area contributed by atoms with E-state index in [0.29, 0.717) is 0 Å². The molecule has 0 aliphatic carbocycles. The van der Waals surface area contributed by atoms with Crippen LogP contribution < -0.4 is 9.64 Å². The van der Waals surface area contributed by atoms with Gasteiger partial charge in [-0.15, -0.1) is 5.10 Å². The summed E-state index contributed by atoms with van der Waals surface area (Å²) in [5.74, 6) is 1.72. The summed E-state index contributed by atoms with van der Waals surface area (Å²) in [7, 11) is 1.72. The molecule has 0 saturated carbocycles. The number of nitrogens with zero attached hydrogens (tertiary/aromatic N) is 6. The molecule has 31 heavy (non-hydrogen) atoms. The Labute approximate surface area is 184 Å². The largest absolute Gasteiger partial charge is 0.496 e. The Hall–Kier alpha value is -2.93. The summed E-state index contributed by atoms with van der Waals surface area (Å²) in [5.41, 5.74) is 5.13. The zero-order valence-electron chi connectivity index (χ0n) is 19.1. The van der Waals surface area contributed by atoms with Gasteiger partial charge in [-0.05, 0) is 61.4 Å². The molecule has 1 saturated heterocycles. The van der Waals surface area contributed by atoms with Gasteiger partial charge in [0.2, 0.25) is 0 Å². The molecule has 1 aliphatic rings. The highest BCUT2D eigenvalue weighted by Crippen LogP contribution is 2.35. The Bertz CT molecular complexity index is 1020. The van der Waals surface area contributed by atoms with Crippen molar-refractivity contribution < 1.29 is 4.74 Å². The van der Waals surface area contributed by atoms with E-state index in [1.807, 2.05) is 16.8 Å². The number of para-hydroxylation sites is 1. The lowest BCUT2D eigenvalue weighted by atomic mass is 10.0. The maximum Gasteiger partial charge on any atom is 0.173 e. The van der Waals surface area contributed by atoms with Gasteiger partial charge in [-0.25, -0.2) is 4.68 Å². The first kappa shape index (κ1) is 21.3. The molecule has 0 N–H and O–H groups in total. The highest BCUT2D eigenvalue weighted by Gasteiger charge is 2.33. The van der Waals surface area contributed by atoms with E-state index in [2.05, 4.69) is 83.4 Å². The minimum Gasteiger partial charge on any atom is -0.496 e. The highest BCUT2D eigenvalue weighted by atomic mass is 16.5. The average Bonchev–Trinajstić information content (AvgIpc) is 3.27. The fourth-order valence-corrected chi connectivity index (χ4v) is 4.44. The van der Waals surface area contributed by atoms with Crippen LogP contribution in [0.1, 0.15) is 48.4 Å². The van der Waals surface area contributed by atoms with E-state index in [9.17, 15) is 0 Å². The van der Waals surface area contributed by atoms with Gasteiger partial charge in [0.15, 0.2) is 5.82 Å². The zero-order valence-corrected chi connectivity index (χ0v) is 19.1. The normalized spacial score (nSPS) is 16.0. The topological polar surface area (TPSA) is 59.3 Å². The SMILES string of the molecule is COc1ccccc1[C@H](c1nnnn1C(C)C)N1CCN(c2cccc(C)c2C)CC1. The average molecular weight is 421 g/mol. The van der Waals surface area contributed by atoms with E-state index in [4.69, 9.17) is 4.74 Å². The molecule has 2 heterocycles. The van der Waals surface area contributed by atoms with Gasteiger partial charge in [0.05, 0.1) is 13.2 Å². The van der Waals surface area contributed by atoms with Crippen LogP contribution in [0.5, 0.6) is 5.75 Å². The highest BCUT2D eigenvalue weighted by molar-refractivity contribution is 5.56. The van der Waals surface area contributed by atoms with Gasteiger partial charge in [-0.2, -0.15) is 0 Å². The first-order chi connectivity index (χ1) is 15.0. The predicted molar refractivity (Wildman–Crippen MR) is 123 cm³/mol. The van der Waals surface area contributed by atoms with Crippen molar-refractivity contribution in [2.75, 3.05) is 38.2 Å². The van der Waals surface area contributed by atoms with Crippen LogP contribution in [0.25, 0.3) is 0 Å². The number of hydrogen-bond donors (Lipinski definition) is 0. The molecule has 7 nitrogen and oxygen atoms in total. The summed E-state index contributed by atoms with van der Waals surface area (Å²) in [6.07, 6.45) is 0. The minimum absolute atomic E-state index is 0.0608. The lowest BCUT2D eigenvalue weighted by Gasteiger charge is -2.40. The molecule has 1 aromatic heterocycles. The van der Waals surface area contributed by atoms with Gasteiger partial charge in [-0.1, -0.05) is 30.3 Å². The summed E-state index contributed by atoms with van der Waals surface area (Å²) < 4.78 is 7.64. The van der Waals surface area contributed by atoms with Crippen molar-refractivity contribution in [1.82, 2.24) is 25.1 Å². The Balaban J connectivity index is 1.66. The van der Waals surface area contributed by atoms with Crippen LogP contribution in [0, 0.1) is 13.8 Å². The number of rotatable bonds is 6. The number of ether oxygens (including phenoxy) is 1. The predicted octanol–water partition coefficient (Wildman–Crippen LogP) is 3.79. The van der Waals surface area contributed by atoms with E-state index >= 15 is 0 Å². The molecular weight excluding hydrogens is 388 g/mol. The van der Waals surface area contributed by atoms with Crippen LogP contribution in [0.3, 0.4) is 0 Å². The Morgan fingerprint density at radius 2 is 1.68 bits per heavy atom. The molecule has 0 amide bonds. The minimum atomic E-state index is -0.0608. The summed E-state index contributed by atoms with van der Waals surface area (Å²) in [6, 6.07) is 14.9. The first-order valence-electron chi connectivity index (χ1n) is 11.0. The first-order valence-corrected chi connectivity index (χ1v) is 11.0. The molecular formula is C24H32N6O. The number of hydrogen-bond acceptors (Lipinski definition) is 6. The third-order valence-corrected chi connectivity index (χ3v) is 6.28. The second kappa shape index (κ2) is 9.06. The molecule has 0 radical (unpaired) electrons. The van der Waals surface area contributed by atoms with Crippen molar-refractivity contribution in [3.05, 3.63) is 65.0 Å². The molecule has 0 spiro atoms. The van der Waals surface area contributed by atoms with Gasteiger partial charge in [0.25, 0.3) is 0 Å². The van der Waals surface area contributed by atoms with Crippen molar-refractivity contribution in [2.24, 2.45) is 0 Å². The number of methoxy groups -OCH3 is 1. The van der Waals surface area contributed by atoms with E-state index in [1.165, 1.54) is 16.8 Å². The molecule has 1 fully saturated rings.